The predicted molar refractivity (Wildman–Crippen MR) is 137 cm³/mol. The molecule has 1 fully saturated rings. The molecule has 0 radical (unpaired) electrons. The van der Waals surface area contributed by atoms with Gasteiger partial charge in [-0.05, 0) is 36.8 Å². The summed E-state index contributed by atoms with van der Waals surface area (Å²) in [4.78, 5) is 45.8. The lowest BCUT2D eigenvalue weighted by atomic mass is 10.0. The number of nitrogens with one attached hydrogen (secondary N) is 1. The molecule has 0 saturated heterocycles. The van der Waals surface area contributed by atoms with E-state index in [1.165, 1.54) is 4.68 Å². The molecule has 4 rings (SSSR count). The number of nitrogens with two attached hydrogens (primary N) is 1. The summed E-state index contributed by atoms with van der Waals surface area (Å²) in [6.45, 7) is 10.5. The fraction of sp³-hybridized carbons (Fsp3) is 0.407. The average molecular weight is 491 g/mol. The lowest BCUT2D eigenvalue weighted by molar-refractivity contribution is -0.137. The standard InChI is InChI=1S/C22H22N6O3.C5H12/c1-13-11-17(28(27-13)18-9-10-24-21(26-18)15-7-8-15)22(31)25-16(19(29)20(23)30)12-14-5-3-2-4-6-14;1-5(2,3)4/h2-6,9-11,15-16H,7-8,12H2,1H3,(H2,23,30)(H,25,31);1-4H3. The van der Waals surface area contributed by atoms with E-state index >= 15 is 0 Å². The van der Waals surface area contributed by atoms with Crippen LogP contribution in [0.1, 0.15) is 74.0 Å². The molecule has 1 atom stereocenters. The lowest BCUT2D eigenvalue weighted by Crippen LogP contribution is -2.47. The molecule has 2 amide bonds. The Bertz CT molecular complexity index is 1220. The second-order valence-electron chi connectivity index (χ2n) is 10.6. The van der Waals surface area contributed by atoms with Crippen molar-refractivity contribution in [2.75, 3.05) is 0 Å². The van der Waals surface area contributed by atoms with E-state index < -0.39 is 23.6 Å². The van der Waals surface area contributed by atoms with Crippen molar-refractivity contribution in [3.05, 3.63) is 71.4 Å². The lowest BCUT2D eigenvalue weighted by Gasteiger charge is -2.17. The first-order valence-corrected chi connectivity index (χ1v) is 12.0. The Hall–Kier alpha value is -3.88. The molecule has 0 aliphatic heterocycles. The van der Waals surface area contributed by atoms with Gasteiger partial charge in [0.15, 0.2) is 5.82 Å². The van der Waals surface area contributed by atoms with Gasteiger partial charge in [0.2, 0.25) is 5.78 Å². The number of ketones is 1. The number of Topliss-reactive ketones (excluding diaryl/α,β-unsaturated/α-hetero) is 1. The summed E-state index contributed by atoms with van der Waals surface area (Å²) in [5.41, 5.74) is 7.31. The fourth-order valence-electron chi connectivity index (χ4n) is 3.32. The van der Waals surface area contributed by atoms with E-state index in [0.717, 1.165) is 24.2 Å². The number of nitrogens with zero attached hydrogens (tertiary/aromatic N) is 4. The van der Waals surface area contributed by atoms with Crippen LogP contribution in [0, 0.1) is 12.3 Å². The van der Waals surface area contributed by atoms with Gasteiger partial charge >= 0.3 is 0 Å². The second kappa shape index (κ2) is 11.2. The van der Waals surface area contributed by atoms with Gasteiger partial charge < -0.3 is 11.1 Å². The molecule has 1 aliphatic carbocycles. The molecule has 1 saturated carbocycles. The van der Waals surface area contributed by atoms with Gasteiger partial charge in [0.05, 0.1) is 5.69 Å². The number of hydrogen-bond acceptors (Lipinski definition) is 6. The molecule has 190 valence electrons. The number of benzene rings is 1. The summed E-state index contributed by atoms with van der Waals surface area (Å²) in [5.74, 6) is -0.979. The number of aromatic nitrogens is 4. The summed E-state index contributed by atoms with van der Waals surface area (Å²) in [7, 11) is 0. The molecule has 3 N–H and O–H groups in total. The maximum absolute atomic E-state index is 13.1. The van der Waals surface area contributed by atoms with Crippen molar-refractivity contribution >= 4 is 17.6 Å². The SMILES string of the molecule is CC(C)(C)C.Cc1cc(C(=O)NC(Cc2ccccc2)C(=O)C(N)=O)n(-c2ccnc(C3CC3)n2)n1. The zero-order valence-corrected chi connectivity index (χ0v) is 21.5. The van der Waals surface area contributed by atoms with Crippen LogP contribution in [-0.2, 0) is 16.0 Å². The van der Waals surface area contributed by atoms with Gasteiger partial charge in [-0.3, -0.25) is 14.4 Å². The van der Waals surface area contributed by atoms with E-state index in [1.807, 2.05) is 30.3 Å². The topological polar surface area (TPSA) is 133 Å². The molecule has 9 heteroatoms. The third kappa shape index (κ3) is 7.83. The second-order valence-corrected chi connectivity index (χ2v) is 10.6. The Kier molecular flexibility index (Phi) is 8.34. The van der Waals surface area contributed by atoms with Crippen LogP contribution in [0.3, 0.4) is 0 Å². The Morgan fingerprint density at radius 3 is 2.33 bits per heavy atom. The predicted octanol–water partition coefficient (Wildman–Crippen LogP) is 3.30. The zero-order chi connectivity index (χ0) is 26.5. The molecule has 3 aromatic rings. The minimum Gasteiger partial charge on any atom is -0.363 e. The van der Waals surface area contributed by atoms with E-state index in [-0.39, 0.29) is 12.1 Å². The first kappa shape index (κ1) is 26.7. The van der Waals surface area contributed by atoms with Crippen LogP contribution in [0.25, 0.3) is 5.82 Å². The number of rotatable bonds is 8. The molecule has 1 aromatic carbocycles. The van der Waals surface area contributed by atoms with Gasteiger partial charge in [-0.15, -0.1) is 0 Å². The monoisotopic (exact) mass is 490 g/mol. The summed E-state index contributed by atoms with van der Waals surface area (Å²) in [6, 6.07) is 11.3. The zero-order valence-electron chi connectivity index (χ0n) is 21.5. The number of hydrogen-bond donors (Lipinski definition) is 2. The average Bonchev–Trinajstić information content (AvgIpc) is 3.59. The fourth-order valence-corrected chi connectivity index (χ4v) is 3.32. The molecular formula is C27H34N6O3. The number of carbonyl (C=O) groups excluding carboxylic acids is 3. The minimum absolute atomic E-state index is 0.140. The highest BCUT2D eigenvalue weighted by molar-refractivity contribution is 6.38. The van der Waals surface area contributed by atoms with Crippen LogP contribution in [-0.4, -0.2) is 43.4 Å². The maximum Gasteiger partial charge on any atom is 0.287 e. The highest BCUT2D eigenvalue weighted by Gasteiger charge is 2.29. The molecule has 36 heavy (non-hydrogen) atoms. The van der Waals surface area contributed by atoms with Crippen molar-refractivity contribution in [3.8, 4) is 5.82 Å². The third-order valence-electron chi connectivity index (χ3n) is 5.03. The molecule has 0 bridgehead atoms. The molecular weight excluding hydrogens is 456 g/mol. The van der Waals surface area contributed by atoms with Gasteiger partial charge in [-0.25, -0.2) is 14.6 Å². The largest absolute Gasteiger partial charge is 0.363 e. The summed E-state index contributed by atoms with van der Waals surface area (Å²) >= 11 is 0. The molecule has 9 nitrogen and oxygen atoms in total. The van der Waals surface area contributed by atoms with Gasteiger partial charge in [0, 0.05) is 24.6 Å². The first-order valence-electron chi connectivity index (χ1n) is 12.0. The van der Waals surface area contributed by atoms with Crippen molar-refractivity contribution < 1.29 is 14.4 Å². The van der Waals surface area contributed by atoms with Gasteiger partial charge in [0.25, 0.3) is 11.8 Å². The number of amides is 2. The van der Waals surface area contributed by atoms with Gasteiger partial charge in [0.1, 0.15) is 17.6 Å². The third-order valence-corrected chi connectivity index (χ3v) is 5.03. The Labute approximate surface area is 211 Å². The van der Waals surface area contributed by atoms with E-state index in [0.29, 0.717) is 22.8 Å². The van der Waals surface area contributed by atoms with Crippen LogP contribution in [0.15, 0.2) is 48.7 Å². The normalized spacial score (nSPS) is 13.8. The Balaban J connectivity index is 0.000000658. The van der Waals surface area contributed by atoms with Gasteiger partial charge in [-0.2, -0.15) is 5.10 Å². The number of primary amides is 1. The van der Waals surface area contributed by atoms with Crippen LogP contribution in [0.2, 0.25) is 0 Å². The van der Waals surface area contributed by atoms with Crippen LogP contribution >= 0.6 is 0 Å². The smallest absolute Gasteiger partial charge is 0.287 e. The highest BCUT2D eigenvalue weighted by Crippen LogP contribution is 2.37. The molecule has 0 spiro atoms. The Morgan fingerprint density at radius 1 is 1.11 bits per heavy atom. The highest BCUT2D eigenvalue weighted by atomic mass is 16.2. The van der Waals surface area contributed by atoms with E-state index in [1.54, 1.807) is 25.3 Å². The minimum atomic E-state index is -1.10. The van der Waals surface area contributed by atoms with Gasteiger partial charge in [-0.1, -0.05) is 58.0 Å². The molecule has 2 aromatic heterocycles. The van der Waals surface area contributed by atoms with E-state index in [9.17, 15) is 14.4 Å². The summed E-state index contributed by atoms with van der Waals surface area (Å²) in [5, 5.41) is 7.03. The molecule has 1 unspecified atom stereocenters. The van der Waals surface area contributed by atoms with Crippen molar-refractivity contribution in [1.82, 2.24) is 25.1 Å². The van der Waals surface area contributed by atoms with E-state index in [4.69, 9.17) is 5.73 Å². The van der Waals surface area contributed by atoms with Crippen molar-refractivity contribution in [1.29, 1.82) is 0 Å². The van der Waals surface area contributed by atoms with Crippen LogP contribution in [0.4, 0.5) is 0 Å². The quantitative estimate of drug-likeness (QED) is 0.466. The maximum atomic E-state index is 13.1. The van der Waals surface area contributed by atoms with E-state index in [2.05, 4.69) is 48.1 Å². The van der Waals surface area contributed by atoms with Crippen LogP contribution in [0.5, 0.6) is 0 Å². The summed E-state index contributed by atoms with van der Waals surface area (Å²) in [6.07, 6.45) is 3.88. The summed E-state index contributed by atoms with van der Waals surface area (Å²) < 4.78 is 1.42. The van der Waals surface area contributed by atoms with Crippen LogP contribution < -0.4 is 11.1 Å². The van der Waals surface area contributed by atoms with Crippen molar-refractivity contribution in [3.63, 3.8) is 0 Å². The Morgan fingerprint density at radius 2 is 1.75 bits per heavy atom. The molecule has 2 heterocycles. The van der Waals surface area contributed by atoms with Crippen molar-refractivity contribution in [2.24, 2.45) is 11.1 Å². The first-order chi connectivity index (χ1) is 16.9. The number of carbonyl (C=O) groups is 3. The number of aryl methyl sites for hydroxylation is 1. The van der Waals surface area contributed by atoms with Crippen molar-refractivity contribution in [2.45, 2.75) is 65.8 Å². The molecule has 1 aliphatic rings.